The minimum Gasteiger partial charge on any atom is -0.494 e. The summed E-state index contributed by atoms with van der Waals surface area (Å²) in [6, 6.07) is 8.46. The van der Waals surface area contributed by atoms with Crippen LogP contribution in [0.15, 0.2) is 55.2 Å². The Hall–Kier alpha value is -4.00. The molecule has 0 aliphatic carbocycles. The molecule has 264 valence electrons. The van der Waals surface area contributed by atoms with Crippen LogP contribution in [0.2, 0.25) is 5.02 Å². The number of aromatic nitrogens is 6. The molecular weight excluding hydrogens is 696 g/mol. The molecule has 2 aromatic carbocycles. The molecule has 5 heterocycles. The highest BCUT2D eigenvalue weighted by Gasteiger charge is 2.28. The highest BCUT2D eigenvalue weighted by atomic mass is 35.5. The third-order valence-corrected chi connectivity index (χ3v) is 11.0. The molecule has 3 N–H and O–H groups in total. The number of ether oxygens (including phenoxy) is 1. The molecule has 2 fully saturated rings. The molecular formula is C34H42Cl2N11O2P. The standard InChI is InChI=1S/C34H41ClN11O2P.ClH/c1-44-21-22(19-40-44)24-17-28(30(48-2)18-29(24)46-15-13-45(14-16-46)23-7-9-36-10-8-23)42-34-39-20-25(35)33(43-34)41-27-6-5-26-31(38-12-11-37-26)32(27)49(3,4)47;/h5-6,11-12,17-21,23,36H,7-10,13-16H2,1-4H3,(H2,39,41,42,43);1H. The van der Waals surface area contributed by atoms with Crippen molar-refractivity contribution in [2.45, 2.75) is 18.9 Å². The average molecular weight is 739 g/mol. The van der Waals surface area contributed by atoms with E-state index < -0.39 is 7.14 Å². The van der Waals surface area contributed by atoms with Crippen LogP contribution in [0.4, 0.5) is 28.8 Å². The largest absolute Gasteiger partial charge is 0.494 e. The molecule has 0 amide bonds. The van der Waals surface area contributed by atoms with E-state index in [1.165, 1.54) is 19.0 Å². The first-order valence-electron chi connectivity index (χ1n) is 16.4. The van der Waals surface area contributed by atoms with Gasteiger partial charge < -0.3 is 30.2 Å². The van der Waals surface area contributed by atoms with Crippen molar-refractivity contribution in [3.63, 3.8) is 0 Å². The number of methoxy groups -OCH3 is 1. The van der Waals surface area contributed by atoms with Crippen LogP contribution >= 0.6 is 31.1 Å². The maximum absolute atomic E-state index is 13.5. The Balaban J connectivity index is 0.00000432. The first-order valence-corrected chi connectivity index (χ1v) is 19.4. The quantitative estimate of drug-likeness (QED) is 0.164. The number of hydrogen-bond donors (Lipinski definition) is 3. The van der Waals surface area contributed by atoms with Crippen LogP contribution in [0.3, 0.4) is 0 Å². The molecule has 2 aliphatic heterocycles. The van der Waals surface area contributed by atoms with Gasteiger partial charge in [0.2, 0.25) is 5.95 Å². The molecule has 5 aromatic rings. The molecule has 0 saturated carbocycles. The number of aryl methyl sites for hydroxylation is 1. The summed E-state index contributed by atoms with van der Waals surface area (Å²) in [7, 11) is 0.792. The molecule has 0 unspecified atom stereocenters. The van der Waals surface area contributed by atoms with E-state index in [1.807, 2.05) is 36.3 Å². The van der Waals surface area contributed by atoms with Crippen LogP contribution in [-0.4, -0.2) is 100 Å². The summed E-state index contributed by atoms with van der Waals surface area (Å²) in [5.41, 5.74) is 5.64. The SMILES string of the molecule is COc1cc(N2CCN(C3CCNCC3)CC2)c(-c2cnn(C)c2)cc1Nc1ncc(Cl)c(Nc2ccc3nccnc3c2P(C)(C)=O)n1.Cl. The fourth-order valence-electron chi connectivity index (χ4n) is 6.82. The zero-order valence-corrected chi connectivity index (χ0v) is 31.0. The van der Waals surface area contributed by atoms with Gasteiger partial charge in [-0.15, -0.1) is 12.4 Å². The van der Waals surface area contributed by atoms with Crippen LogP contribution < -0.4 is 30.9 Å². The molecule has 0 radical (unpaired) electrons. The van der Waals surface area contributed by atoms with Crippen LogP contribution in [0.5, 0.6) is 5.75 Å². The number of nitrogens with zero attached hydrogens (tertiary/aromatic N) is 8. The van der Waals surface area contributed by atoms with Gasteiger partial charge in [0.25, 0.3) is 0 Å². The first-order chi connectivity index (χ1) is 23.7. The lowest BCUT2D eigenvalue weighted by Crippen LogP contribution is -2.52. The maximum atomic E-state index is 13.5. The van der Waals surface area contributed by atoms with E-state index in [2.05, 4.69) is 57.9 Å². The lowest BCUT2D eigenvalue weighted by Gasteiger charge is -2.42. The van der Waals surface area contributed by atoms with Gasteiger partial charge >= 0.3 is 0 Å². The van der Waals surface area contributed by atoms with E-state index in [9.17, 15) is 4.57 Å². The lowest BCUT2D eigenvalue weighted by atomic mass is 10.0. The number of rotatable bonds is 9. The summed E-state index contributed by atoms with van der Waals surface area (Å²) in [4.78, 5) is 23.2. The zero-order chi connectivity index (χ0) is 34.1. The second kappa shape index (κ2) is 15.1. The van der Waals surface area contributed by atoms with E-state index in [0.29, 0.717) is 56.3 Å². The summed E-state index contributed by atoms with van der Waals surface area (Å²) in [5, 5.41) is 15.5. The average Bonchev–Trinajstić information content (AvgIpc) is 3.55. The van der Waals surface area contributed by atoms with Gasteiger partial charge in [0, 0.05) is 80.7 Å². The highest BCUT2D eigenvalue weighted by molar-refractivity contribution is 7.71. The Kier molecular flexibility index (Phi) is 10.8. The smallest absolute Gasteiger partial charge is 0.229 e. The van der Waals surface area contributed by atoms with Crippen molar-refractivity contribution in [2.24, 2.45) is 7.05 Å². The van der Waals surface area contributed by atoms with Crippen molar-refractivity contribution < 1.29 is 9.30 Å². The predicted molar refractivity (Wildman–Crippen MR) is 204 cm³/mol. The summed E-state index contributed by atoms with van der Waals surface area (Å²) in [6.07, 6.45) is 11.1. The van der Waals surface area contributed by atoms with Crippen molar-refractivity contribution in [1.29, 1.82) is 0 Å². The van der Waals surface area contributed by atoms with E-state index in [1.54, 1.807) is 32.8 Å². The fraction of sp³-hybridized carbons (Fsp3) is 0.382. The summed E-state index contributed by atoms with van der Waals surface area (Å²) in [6.45, 7) is 9.49. The van der Waals surface area contributed by atoms with Gasteiger partial charge in [-0.25, -0.2) is 4.98 Å². The molecule has 50 heavy (non-hydrogen) atoms. The fourth-order valence-corrected chi connectivity index (χ4v) is 8.35. The predicted octanol–water partition coefficient (Wildman–Crippen LogP) is 5.51. The van der Waals surface area contributed by atoms with Crippen molar-refractivity contribution in [3.05, 3.63) is 60.3 Å². The number of halogens is 2. The first kappa shape index (κ1) is 35.8. The molecule has 7 rings (SSSR count). The van der Waals surface area contributed by atoms with E-state index in [-0.39, 0.29) is 12.4 Å². The Morgan fingerprint density at radius 1 is 0.980 bits per heavy atom. The Morgan fingerprint density at radius 2 is 1.74 bits per heavy atom. The van der Waals surface area contributed by atoms with Crippen molar-refractivity contribution in [1.82, 2.24) is 39.9 Å². The lowest BCUT2D eigenvalue weighted by molar-refractivity contribution is 0.153. The van der Waals surface area contributed by atoms with Gasteiger partial charge in [-0.05, 0) is 57.5 Å². The number of fused-ring (bicyclic) bond motifs is 1. The summed E-state index contributed by atoms with van der Waals surface area (Å²) >= 11 is 6.61. The Morgan fingerprint density at radius 3 is 2.44 bits per heavy atom. The molecule has 13 nitrogen and oxygen atoms in total. The number of hydrogen-bond acceptors (Lipinski definition) is 12. The van der Waals surface area contributed by atoms with Crippen LogP contribution in [0.25, 0.3) is 22.2 Å². The van der Waals surface area contributed by atoms with Crippen molar-refractivity contribution in [2.75, 3.05) is 75.2 Å². The van der Waals surface area contributed by atoms with Gasteiger partial charge in [0.1, 0.15) is 23.4 Å². The molecule has 0 bridgehead atoms. The van der Waals surface area contributed by atoms with E-state index in [0.717, 1.165) is 56.1 Å². The van der Waals surface area contributed by atoms with Gasteiger partial charge in [0.15, 0.2) is 5.82 Å². The second-order valence-electron chi connectivity index (χ2n) is 12.9. The molecule has 2 saturated heterocycles. The van der Waals surface area contributed by atoms with E-state index in [4.69, 9.17) is 21.3 Å². The topological polar surface area (TPSA) is 138 Å². The maximum Gasteiger partial charge on any atom is 0.229 e. The minimum absolute atomic E-state index is 0. The molecule has 0 atom stereocenters. The van der Waals surface area contributed by atoms with Gasteiger partial charge in [-0.1, -0.05) is 11.6 Å². The molecule has 16 heteroatoms. The third-order valence-electron chi connectivity index (χ3n) is 9.21. The van der Waals surface area contributed by atoms with Crippen LogP contribution in [-0.2, 0) is 11.6 Å². The van der Waals surface area contributed by atoms with E-state index >= 15 is 0 Å². The van der Waals surface area contributed by atoms with Gasteiger partial charge in [-0.3, -0.25) is 19.5 Å². The van der Waals surface area contributed by atoms with Crippen LogP contribution in [0.1, 0.15) is 12.8 Å². The Bertz CT molecular complexity index is 2020. The number of piperazine rings is 1. The molecule has 2 aliphatic rings. The number of anilines is 5. The van der Waals surface area contributed by atoms with Crippen molar-refractivity contribution >= 4 is 76.3 Å². The zero-order valence-electron chi connectivity index (χ0n) is 28.6. The third kappa shape index (κ3) is 7.52. The van der Waals surface area contributed by atoms with Crippen molar-refractivity contribution in [3.8, 4) is 16.9 Å². The summed E-state index contributed by atoms with van der Waals surface area (Å²) < 4.78 is 21.2. The number of benzene rings is 2. The van der Waals surface area contributed by atoms with Gasteiger partial charge in [-0.2, -0.15) is 10.1 Å². The molecule has 3 aromatic heterocycles. The monoisotopic (exact) mass is 737 g/mol. The second-order valence-corrected chi connectivity index (χ2v) is 16.4. The summed E-state index contributed by atoms with van der Waals surface area (Å²) in [5.74, 6) is 1.32. The number of nitrogens with one attached hydrogen (secondary N) is 3. The normalized spacial score (nSPS) is 15.9. The van der Waals surface area contributed by atoms with Crippen LogP contribution in [0, 0.1) is 0 Å². The Labute approximate surface area is 303 Å². The molecule has 0 spiro atoms. The highest BCUT2D eigenvalue weighted by Crippen LogP contribution is 2.43. The number of piperidine rings is 1. The minimum atomic E-state index is -2.79. The van der Waals surface area contributed by atoms with Gasteiger partial charge in [0.05, 0.1) is 41.7 Å².